The second-order valence-electron chi connectivity index (χ2n) is 4.10. The Morgan fingerprint density at radius 1 is 1.35 bits per heavy atom. The zero-order chi connectivity index (χ0) is 12.4. The lowest BCUT2D eigenvalue weighted by atomic mass is 9.99. The van der Waals surface area contributed by atoms with E-state index in [2.05, 4.69) is 34.9 Å². The van der Waals surface area contributed by atoms with E-state index in [4.69, 9.17) is 5.11 Å². The Morgan fingerprint density at radius 3 is 2.53 bits per heavy atom. The molecule has 88 valence electrons. The molecule has 1 aliphatic heterocycles. The number of aromatic nitrogens is 2. The largest absolute Gasteiger partial charge is 0.478 e. The van der Waals surface area contributed by atoms with Gasteiger partial charge in [0.15, 0.2) is 5.82 Å². The first-order valence-corrected chi connectivity index (χ1v) is 5.40. The summed E-state index contributed by atoms with van der Waals surface area (Å²) in [5.41, 5.74) is 1.98. The third-order valence-corrected chi connectivity index (χ3v) is 2.57. The average molecular weight is 231 g/mol. The van der Waals surface area contributed by atoms with Gasteiger partial charge in [0.2, 0.25) is 0 Å². The van der Waals surface area contributed by atoms with Crippen molar-refractivity contribution >= 4 is 11.7 Å². The third kappa shape index (κ3) is 2.22. The zero-order valence-electron chi connectivity index (χ0n) is 9.71. The first-order valence-electron chi connectivity index (χ1n) is 5.40. The second kappa shape index (κ2) is 4.45. The number of carbonyl (C=O) groups is 1. The molecule has 1 aromatic rings. The van der Waals surface area contributed by atoms with E-state index < -0.39 is 5.97 Å². The van der Waals surface area contributed by atoms with E-state index in [0.29, 0.717) is 18.3 Å². The van der Waals surface area contributed by atoms with Crippen LogP contribution in [0.25, 0.3) is 0 Å². The molecule has 0 radical (unpaired) electrons. The van der Waals surface area contributed by atoms with Crippen molar-refractivity contribution in [2.45, 2.75) is 13.8 Å². The number of hydrogen-bond donors (Lipinski definition) is 1. The van der Waals surface area contributed by atoms with E-state index in [1.807, 2.05) is 0 Å². The molecule has 1 N–H and O–H groups in total. The smallest absolute Gasteiger partial charge is 0.338 e. The number of allylic oxidation sites excluding steroid dienone is 1. The fourth-order valence-corrected chi connectivity index (χ4v) is 1.69. The third-order valence-electron chi connectivity index (χ3n) is 2.57. The van der Waals surface area contributed by atoms with Gasteiger partial charge in [0.25, 0.3) is 0 Å². The van der Waals surface area contributed by atoms with Crippen molar-refractivity contribution in [3.8, 4) is 0 Å². The van der Waals surface area contributed by atoms with Crippen molar-refractivity contribution < 1.29 is 9.90 Å². The number of nitrogens with zero attached hydrogens (tertiary/aromatic N) is 3. The minimum absolute atomic E-state index is 0.0856. The Hall–Kier alpha value is -2.04. The predicted molar refractivity (Wildman–Crippen MR) is 63.3 cm³/mol. The van der Waals surface area contributed by atoms with Gasteiger partial charge in [-0.05, 0) is 11.5 Å². The summed E-state index contributed by atoms with van der Waals surface area (Å²) in [6.45, 7) is 4.81. The van der Waals surface area contributed by atoms with Crippen LogP contribution in [0.1, 0.15) is 30.0 Å². The molecule has 0 atom stereocenters. The summed E-state index contributed by atoms with van der Waals surface area (Å²) >= 11 is 0. The molecule has 17 heavy (non-hydrogen) atoms. The standard InChI is InChI=1S/C12H13N3O2/c1-7(2)9-3-4-13-10(9)11-14-5-8(6-15-11)12(16)17/h3,5-7H,4H2,1-2H3,(H,16,17). The minimum atomic E-state index is -1.02. The van der Waals surface area contributed by atoms with Gasteiger partial charge in [-0.3, -0.25) is 4.99 Å². The Kier molecular flexibility index (Phi) is 2.99. The number of carboxylic acids is 1. The summed E-state index contributed by atoms with van der Waals surface area (Å²) in [5, 5.41) is 8.76. The molecule has 0 aliphatic carbocycles. The Labute approximate surface area is 98.9 Å². The SMILES string of the molecule is CC(C)C1=CCN=C1c1ncc(C(=O)O)cn1. The first-order chi connectivity index (χ1) is 8.09. The lowest BCUT2D eigenvalue weighted by Gasteiger charge is -2.08. The van der Waals surface area contributed by atoms with Crippen molar-refractivity contribution in [3.05, 3.63) is 35.4 Å². The molecule has 0 fully saturated rings. The summed E-state index contributed by atoms with van der Waals surface area (Å²) in [6.07, 6.45) is 4.67. The second-order valence-corrected chi connectivity index (χ2v) is 4.10. The van der Waals surface area contributed by atoms with Gasteiger partial charge in [0.05, 0.1) is 12.1 Å². The fraction of sp³-hybridized carbons (Fsp3) is 0.333. The molecule has 0 amide bonds. The van der Waals surface area contributed by atoms with Crippen LogP contribution in [0.3, 0.4) is 0 Å². The van der Waals surface area contributed by atoms with Crippen LogP contribution in [-0.4, -0.2) is 33.3 Å². The molecule has 0 saturated carbocycles. The van der Waals surface area contributed by atoms with E-state index >= 15 is 0 Å². The molecule has 0 bridgehead atoms. The summed E-state index contributed by atoms with van der Waals surface area (Å²) in [5.74, 6) is -0.170. The van der Waals surface area contributed by atoms with Crippen molar-refractivity contribution in [1.29, 1.82) is 0 Å². The molecule has 2 rings (SSSR count). The minimum Gasteiger partial charge on any atom is -0.478 e. The molecular weight excluding hydrogens is 218 g/mol. The topological polar surface area (TPSA) is 75.4 Å². The van der Waals surface area contributed by atoms with E-state index in [0.717, 1.165) is 11.3 Å². The summed E-state index contributed by atoms with van der Waals surface area (Å²) in [4.78, 5) is 23.1. The number of rotatable bonds is 3. The van der Waals surface area contributed by atoms with Crippen LogP contribution in [0.15, 0.2) is 29.0 Å². The van der Waals surface area contributed by atoms with Gasteiger partial charge in [-0.25, -0.2) is 14.8 Å². The van der Waals surface area contributed by atoms with Crippen molar-refractivity contribution in [2.24, 2.45) is 10.9 Å². The summed E-state index contributed by atoms with van der Waals surface area (Å²) in [7, 11) is 0. The maximum Gasteiger partial charge on any atom is 0.338 e. The van der Waals surface area contributed by atoms with E-state index in [1.54, 1.807) is 0 Å². The Morgan fingerprint density at radius 2 is 2.00 bits per heavy atom. The highest BCUT2D eigenvalue weighted by Gasteiger charge is 2.19. The molecule has 2 heterocycles. The number of hydrogen-bond acceptors (Lipinski definition) is 4. The highest BCUT2D eigenvalue weighted by atomic mass is 16.4. The molecule has 1 aliphatic rings. The van der Waals surface area contributed by atoms with Gasteiger partial charge in [-0.2, -0.15) is 0 Å². The maximum atomic E-state index is 10.7. The Balaban J connectivity index is 2.30. The summed E-state index contributed by atoms with van der Waals surface area (Å²) < 4.78 is 0. The predicted octanol–water partition coefficient (Wildman–Crippen LogP) is 1.56. The normalized spacial score (nSPS) is 14.8. The Bertz CT molecular complexity index is 501. The van der Waals surface area contributed by atoms with Crippen molar-refractivity contribution in [1.82, 2.24) is 9.97 Å². The fourth-order valence-electron chi connectivity index (χ4n) is 1.69. The van der Waals surface area contributed by atoms with E-state index in [1.165, 1.54) is 12.4 Å². The van der Waals surface area contributed by atoms with Gasteiger partial charge in [-0.1, -0.05) is 19.9 Å². The maximum absolute atomic E-state index is 10.7. The van der Waals surface area contributed by atoms with Crippen LogP contribution in [-0.2, 0) is 0 Å². The molecule has 5 nitrogen and oxygen atoms in total. The number of aromatic carboxylic acids is 1. The van der Waals surface area contributed by atoms with Crippen molar-refractivity contribution in [2.75, 3.05) is 6.54 Å². The molecular formula is C12H13N3O2. The van der Waals surface area contributed by atoms with Gasteiger partial charge in [0, 0.05) is 12.4 Å². The van der Waals surface area contributed by atoms with Gasteiger partial charge >= 0.3 is 5.97 Å². The van der Waals surface area contributed by atoms with Crippen LogP contribution < -0.4 is 0 Å². The molecule has 0 saturated heterocycles. The van der Waals surface area contributed by atoms with Crippen LogP contribution in [0.2, 0.25) is 0 Å². The lowest BCUT2D eigenvalue weighted by molar-refractivity contribution is 0.0696. The van der Waals surface area contributed by atoms with Crippen LogP contribution in [0, 0.1) is 5.92 Å². The highest BCUT2D eigenvalue weighted by Crippen LogP contribution is 2.19. The monoisotopic (exact) mass is 231 g/mol. The van der Waals surface area contributed by atoms with E-state index in [-0.39, 0.29) is 5.56 Å². The average Bonchev–Trinajstić information content (AvgIpc) is 2.78. The van der Waals surface area contributed by atoms with Crippen LogP contribution >= 0.6 is 0 Å². The zero-order valence-corrected chi connectivity index (χ0v) is 9.71. The first kappa shape index (κ1) is 11.4. The van der Waals surface area contributed by atoms with Crippen LogP contribution in [0.4, 0.5) is 0 Å². The molecule has 0 spiro atoms. The van der Waals surface area contributed by atoms with E-state index in [9.17, 15) is 4.79 Å². The summed E-state index contributed by atoms with van der Waals surface area (Å²) in [6, 6.07) is 0. The lowest BCUT2D eigenvalue weighted by Crippen LogP contribution is -2.12. The molecule has 5 heteroatoms. The quantitative estimate of drug-likeness (QED) is 0.856. The van der Waals surface area contributed by atoms with Crippen molar-refractivity contribution in [3.63, 3.8) is 0 Å². The number of aliphatic imine (C=N–C) groups is 1. The molecule has 0 aromatic carbocycles. The molecule has 0 unspecified atom stereocenters. The van der Waals surface area contributed by atoms with Gasteiger partial charge in [0.1, 0.15) is 5.71 Å². The van der Waals surface area contributed by atoms with Crippen LogP contribution in [0.5, 0.6) is 0 Å². The number of carboxylic acid groups (broad SMARTS) is 1. The van der Waals surface area contributed by atoms with Gasteiger partial charge < -0.3 is 5.11 Å². The highest BCUT2D eigenvalue weighted by molar-refractivity contribution is 6.11. The molecule has 1 aromatic heterocycles. The van der Waals surface area contributed by atoms with Gasteiger partial charge in [-0.15, -0.1) is 0 Å².